The fraction of sp³-hybridized carbons (Fsp3) is 0.571. The Morgan fingerprint density at radius 3 is 2.80 bits per heavy atom. The highest BCUT2D eigenvalue weighted by atomic mass is 79.9. The Hall–Kier alpha value is -1.14. The van der Waals surface area contributed by atoms with Crippen molar-refractivity contribution in [1.82, 2.24) is 15.2 Å². The lowest BCUT2D eigenvalue weighted by atomic mass is 10.2. The predicted molar refractivity (Wildman–Crippen MR) is 86.2 cm³/mol. The molecule has 0 radical (unpaired) electrons. The lowest BCUT2D eigenvalue weighted by molar-refractivity contribution is 0.0952. The summed E-state index contributed by atoms with van der Waals surface area (Å²) in [5.41, 5.74) is 0.555. The number of halogens is 1. The van der Waals surface area contributed by atoms with Crippen LogP contribution in [0.1, 0.15) is 30.6 Å². The summed E-state index contributed by atoms with van der Waals surface area (Å²) in [4.78, 5) is 18.6. The maximum Gasteiger partial charge on any atom is 0.255 e. The Bertz CT molecular complexity index is 451. The van der Waals surface area contributed by atoms with Crippen LogP contribution >= 0.6 is 15.9 Å². The molecule has 0 unspecified atom stereocenters. The van der Waals surface area contributed by atoms with Gasteiger partial charge in [-0.15, -0.1) is 0 Å². The molecule has 0 aromatic carbocycles. The van der Waals surface area contributed by atoms with E-state index >= 15 is 0 Å². The number of hydrogen-bond donors (Lipinski definition) is 2. The van der Waals surface area contributed by atoms with Crippen LogP contribution in [0.15, 0.2) is 16.7 Å². The fourth-order valence-electron chi connectivity index (χ4n) is 1.70. The first kappa shape index (κ1) is 16.9. The molecule has 5 nitrogen and oxygen atoms in total. The fourth-order valence-corrected chi connectivity index (χ4v) is 2.03. The van der Waals surface area contributed by atoms with E-state index in [1.54, 1.807) is 19.3 Å². The molecule has 1 rings (SSSR count). The SMILES string of the molecule is CNc1ncc(Br)cc1C(=O)NCCCN(C)C(C)C. The first-order chi connectivity index (χ1) is 9.45. The monoisotopic (exact) mass is 342 g/mol. The van der Waals surface area contributed by atoms with Gasteiger partial charge in [-0.3, -0.25) is 4.79 Å². The number of aromatic nitrogens is 1. The molecule has 1 heterocycles. The van der Waals surface area contributed by atoms with Gasteiger partial charge in [-0.2, -0.15) is 0 Å². The van der Waals surface area contributed by atoms with Crippen LogP contribution in [0.3, 0.4) is 0 Å². The zero-order valence-corrected chi connectivity index (χ0v) is 14.1. The van der Waals surface area contributed by atoms with Gasteiger partial charge >= 0.3 is 0 Å². The van der Waals surface area contributed by atoms with Crippen molar-refractivity contribution in [2.75, 3.05) is 32.5 Å². The molecule has 1 amide bonds. The summed E-state index contributed by atoms with van der Waals surface area (Å²) in [6.07, 6.45) is 2.59. The number of carbonyl (C=O) groups is 1. The number of anilines is 1. The molecule has 0 atom stereocenters. The van der Waals surface area contributed by atoms with Crippen LogP contribution in [0.4, 0.5) is 5.82 Å². The largest absolute Gasteiger partial charge is 0.372 e. The van der Waals surface area contributed by atoms with E-state index in [1.807, 2.05) is 0 Å². The summed E-state index contributed by atoms with van der Waals surface area (Å²) in [7, 11) is 3.84. The average Bonchev–Trinajstić information content (AvgIpc) is 2.42. The first-order valence-electron chi connectivity index (χ1n) is 6.77. The van der Waals surface area contributed by atoms with E-state index < -0.39 is 0 Å². The molecule has 0 fully saturated rings. The Labute approximate surface area is 129 Å². The minimum absolute atomic E-state index is 0.102. The van der Waals surface area contributed by atoms with Crippen molar-refractivity contribution in [3.63, 3.8) is 0 Å². The minimum Gasteiger partial charge on any atom is -0.372 e. The third-order valence-corrected chi connectivity index (χ3v) is 3.62. The van der Waals surface area contributed by atoms with E-state index in [0.717, 1.165) is 17.4 Å². The normalized spacial score (nSPS) is 10.9. The zero-order valence-electron chi connectivity index (χ0n) is 12.5. The number of nitrogens with one attached hydrogen (secondary N) is 2. The van der Waals surface area contributed by atoms with Crippen LogP contribution in [0, 0.1) is 0 Å². The summed E-state index contributed by atoms with van der Waals surface area (Å²) in [6.45, 7) is 5.94. The Balaban J connectivity index is 2.49. The number of hydrogen-bond acceptors (Lipinski definition) is 4. The van der Waals surface area contributed by atoms with Gasteiger partial charge in [0.15, 0.2) is 0 Å². The van der Waals surface area contributed by atoms with Crippen LogP contribution in [0.5, 0.6) is 0 Å². The molecular weight excluding hydrogens is 320 g/mol. The lowest BCUT2D eigenvalue weighted by Crippen LogP contribution is -2.31. The molecule has 1 aromatic heterocycles. The van der Waals surface area contributed by atoms with Gasteiger partial charge in [0.1, 0.15) is 5.82 Å². The number of pyridine rings is 1. The van der Waals surface area contributed by atoms with Gasteiger partial charge in [-0.25, -0.2) is 4.98 Å². The van der Waals surface area contributed by atoms with Crippen LogP contribution in [-0.4, -0.2) is 49.0 Å². The molecule has 0 saturated heterocycles. The quantitative estimate of drug-likeness (QED) is 0.747. The van der Waals surface area contributed by atoms with Gasteiger partial charge in [-0.05, 0) is 55.9 Å². The summed E-state index contributed by atoms with van der Waals surface area (Å²) < 4.78 is 0.793. The highest BCUT2D eigenvalue weighted by molar-refractivity contribution is 9.10. The second-order valence-electron chi connectivity index (χ2n) is 4.98. The van der Waals surface area contributed by atoms with Gasteiger partial charge < -0.3 is 15.5 Å². The molecule has 0 aliphatic rings. The summed E-state index contributed by atoms with van der Waals surface area (Å²) in [5, 5.41) is 5.85. The molecule has 20 heavy (non-hydrogen) atoms. The van der Waals surface area contributed by atoms with Gasteiger partial charge in [0.25, 0.3) is 5.91 Å². The second-order valence-corrected chi connectivity index (χ2v) is 5.90. The average molecular weight is 343 g/mol. The standard InChI is InChI=1S/C14H23BrN4O/c1-10(2)19(4)7-5-6-17-14(20)12-8-11(15)9-18-13(12)16-3/h8-10H,5-7H2,1-4H3,(H,16,18)(H,17,20). The number of nitrogens with zero attached hydrogens (tertiary/aromatic N) is 2. The third-order valence-electron chi connectivity index (χ3n) is 3.19. The van der Waals surface area contributed by atoms with E-state index in [2.05, 4.69) is 57.3 Å². The molecule has 2 N–H and O–H groups in total. The molecule has 0 aliphatic carbocycles. The van der Waals surface area contributed by atoms with Crippen LogP contribution in [-0.2, 0) is 0 Å². The Morgan fingerprint density at radius 2 is 2.20 bits per heavy atom. The molecule has 0 spiro atoms. The van der Waals surface area contributed by atoms with Crippen molar-refractivity contribution >= 4 is 27.7 Å². The van der Waals surface area contributed by atoms with E-state index in [1.165, 1.54) is 0 Å². The molecule has 0 bridgehead atoms. The topological polar surface area (TPSA) is 57.3 Å². The first-order valence-corrected chi connectivity index (χ1v) is 7.56. The maximum atomic E-state index is 12.1. The lowest BCUT2D eigenvalue weighted by Gasteiger charge is -2.20. The van der Waals surface area contributed by atoms with Gasteiger partial charge in [0.2, 0.25) is 0 Å². The number of amides is 1. The maximum absolute atomic E-state index is 12.1. The molecule has 0 aliphatic heterocycles. The van der Waals surface area contributed by atoms with Crippen molar-refractivity contribution in [3.8, 4) is 0 Å². The van der Waals surface area contributed by atoms with Crippen molar-refractivity contribution in [1.29, 1.82) is 0 Å². The van der Waals surface area contributed by atoms with Crippen LogP contribution in [0.25, 0.3) is 0 Å². The van der Waals surface area contributed by atoms with Crippen molar-refractivity contribution in [2.24, 2.45) is 0 Å². The van der Waals surface area contributed by atoms with Crippen LogP contribution in [0.2, 0.25) is 0 Å². The Morgan fingerprint density at radius 1 is 1.50 bits per heavy atom. The van der Waals surface area contributed by atoms with Gasteiger partial charge in [-0.1, -0.05) is 0 Å². The summed E-state index contributed by atoms with van der Waals surface area (Å²) in [6, 6.07) is 2.30. The second kappa shape index (κ2) is 8.21. The molecule has 0 saturated carbocycles. The van der Waals surface area contributed by atoms with Crippen LogP contribution < -0.4 is 10.6 Å². The molecule has 1 aromatic rings. The number of carbonyl (C=O) groups excluding carboxylic acids is 1. The van der Waals surface area contributed by atoms with Gasteiger partial charge in [0, 0.05) is 30.3 Å². The Kier molecular flexibility index (Phi) is 6.95. The van der Waals surface area contributed by atoms with E-state index in [9.17, 15) is 4.79 Å². The number of rotatable bonds is 7. The summed E-state index contributed by atoms with van der Waals surface area (Å²) >= 11 is 3.33. The van der Waals surface area contributed by atoms with Gasteiger partial charge in [0.05, 0.1) is 5.56 Å². The minimum atomic E-state index is -0.102. The highest BCUT2D eigenvalue weighted by Gasteiger charge is 2.12. The zero-order chi connectivity index (χ0) is 15.1. The van der Waals surface area contributed by atoms with Crippen molar-refractivity contribution < 1.29 is 4.79 Å². The van der Waals surface area contributed by atoms with E-state index in [0.29, 0.717) is 24.0 Å². The van der Waals surface area contributed by atoms with E-state index in [4.69, 9.17) is 0 Å². The van der Waals surface area contributed by atoms with Crippen molar-refractivity contribution in [2.45, 2.75) is 26.3 Å². The smallest absolute Gasteiger partial charge is 0.255 e. The highest BCUT2D eigenvalue weighted by Crippen LogP contribution is 2.17. The third kappa shape index (κ3) is 5.09. The molecular formula is C14H23BrN4O. The van der Waals surface area contributed by atoms with Crippen molar-refractivity contribution in [3.05, 3.63) is 22.3 Å². The molecule has 6 heteroatoms. The predicted octanol–water partition coefficient (Wildman–Crippen LogP) is 2.35. The molecule has 112 valence electrons. The summed E-state index contributed by atoms with van der Waals surface area (Å²) in [5.74, 6) is 0.486. The van der Waals surface area contributed by atoms with E-state index in [-0.39, 0.29) is 5.91 Å².